The van der Waals surface area contributed by atoms with E-state index in [4.69, 9.17) is 5.26 Å². The summed E-state index contributed by atoms with van der Waals surface area (Å²) >= 11 is 0. The third-order valence-corrected chi connectivity index (χ3v) is 5.13. The standard InChI is InChI=1S/C24H16FN7O/c25-21-8-20-22(9-19(21)17-5-2-6-27-11-17)30-31-23(20)24(33)29-18-12-28-32(14-18)13-16-4-1-3-15(7-16)10-26/h1-9,11-12,14H,13H2,(H,29,33)(H,30,31). The Kier molecular flexibility index (Phi) is 5.09. The van der Waals surface area contributed by atoms with Gasteiger partial charge in [0.2, 0.25) is 0 Å². The third kappa shape index (κ3) is 4.05. The number of aromatic amines is 1. The average Bonchev–Trinajstić information content (AvgIpc) is 3.45. The molecule has 2 aromatic carbocycles. The highest BCUT2D eigenvalue weighted by atomic mass is 19.1. The molecule has 2 N–H and O–H groups in total. The van der Waals surface area contributed by atoms with Crippen LogP contribution in [0.1, 0.15) is 21.6 Å². The van der Waals surface area contributed by atoms with E-state index in [2.05, 4.69) is 31.7 Å². The molecule has 0 aliphatic carbocycles. The third-order valence-electron chi connectivity index (χ3n) is 5.13. The molecule has 33 heavy (non-hydrogen) atoms. The highest BCUT2D eigenvalue weighted by Crippen LogP contribution is 2.28. The number of pyridine rings is 1. The normalized spacial score (nSPS) is 10.8. The lowest BCUT2D eigenvalue weighted by Gasteiger charge is -2.04. The van der Waals surface area contributed by atoms with Gasteiger partial charge in [0.1, 0.15) is 5.82 Å². The number of hydrogen-bond acceptors (Lipinski definition) is 5. The second-order valence-electron chi connectivity index (χ2n) is 7.38. The lowest BCUT2D eigenvalue weighted by Crippen LogP contribution is -2.12. The van der Waals surface area contributed by atoms with Crippen molar-refractivity contribution >= 4 is 22.5 Å². The summed E-state index contributed by atoms with van der Waals surface area (Å²) in [5.41, 5.74) is 3.56. The maximum atomic E-state index is 14.8. The summed E-state index contributed by atoms with van der Waals surface area (Å²) in [5, 5.41) is 23.3. The molecule has 5 rings (SSSR count). The minimum atomic E-state index is -0.485. The van der Waals surface area contributed by atoms with Crippen LogP contribution in [0.25, 0.3) is 22.0 Å². The van der Waals surface area contributed by atoms with Crippen LogP contribution < -0.4 is 5.32 Å². The van der Waals surface area contributed by atoms with Crippen LogP contribution in [0.15, 0.2) is 73.3 Å². The summed E-state index contributed by atoms with van der Waals surface area (Å²) < 4.78 is 16.4. The first-order valence-electron chi connectivity index (χ1n) is 10.0. The molecule has 0 bridgehead atoms. The van der Waals surface area contributed by atoms with E-state index in [0.717, 1.165) is 5.56 Å². The SMILES string of the molecule is N#Cc1cccc(Cn2cc(NC(=O)c3n[nH]c4cc(-c5cccnc5)c(F)cc34)cn2)c1. The van der Waals surface area contributed by atoms with Crippen LogP contribution in [0.4, 0.5) is 10.1 Å². The average molecular weight is 437 g/mol. The van der Waals surface area contributed by atoms with E-state index in [-0.39, 0.29) is 5.69 Å². The van der Waals surface area contributed by atoms with Gasteiger partial charge >= 0.3 is 0 Å². The number of anilines is 1. The number of carbonyl (C=O) groups excluding carboxylic acids is 1. The molecule has 0 atom stereocenters. The number of nitrogens with zero attached hydrogens (tertiary/aromatic N) is 5. The van der Waals surface area contributed by atoms with Gasteiger partial charge in [0, 0.05) is 35.1 Å². The molecule has 3 heterocycles. The van der Waals surface area contributed by atoms with Crippen molar-refractivity contribution in [2.45, 2.75) is 6.54 Å². The van der Waals surface area contributed by atoms with Gasteiger partial charge in [-0.15, -0.1) is 0 Å². The fourth-order valence-corrected chi connectivity index (χ4v) is 3.59. The van der Waals surface area contributed by atoms with E-state index in [1.807, 2.05) is 12.1 Å². The van der Waals surface area contributed by atoms with Crippen molar-refractivity contribution in [2.24, 2.45) is 0 Å². The van der Waals surface area contributed by atoms with Gasteiger partial charge in [0.25, 0.3) is 5.91 Å². The molecule has 0 spiro atoms. The van der Waals surface area contributed by atoms with Crippen LogP contribution in [0.5, 0.6) is 0 Å². The van der Waals surface area contributed by atoms with Crippen LogP contribution in [0.3, 0.4) is 0 Å². The van der Waals surface area contributed by atoms with Gasteiger partial charge in [-0.1, -0.05) is 18.2 Å². The van der Waals surface area contributed by atoms with Crippen molar-refractivity contribution < 1.29 is 9.18 Å². The predicted molar refractivity (Wildman–Crippen MR) is 120 cm³/mol. The van der Waals surface area contributed by atoms with Crippen molar-refractivity contribution in [1.82, 2.24) is 25.0 Å². The Bertz CT molecular complexity index is 1520. The van der Waals surface area contributed by atoms with Crippen molar-refractivity contribution in [1.29, 1.82) is 5.26 Å². The molecule has 160 valence electrons. The Hall–Kier alpha value is -4.84. The fraction of sp³-hybridized carbons (Fsp3) is 0.0417. The van der Waals surface area contributed by atoms with E-state index in [0.29, 0.717) is 39.8 Å². The Balaban J connectivity index is 1.35. The number of hydrogen-bond donors (Lipinski definition) is 2. The summed E-state index contributed by atoms with van der Waals surface area (Å²) in [6.07, 6.45) is 6.38. The van der Waals surface area contributed by atoms with Crippen molar-refractivity contribution in [3.05, 3.63) is 96.0 Å². The second kappa shape index (κ2) is 8.36. The number of benzene rings is 2. The summed E-state index contributed by atoms with van der Waals surface area (Å²) in [4.78, 5) is 16.8. The lowest BCUT2D eigenvalue weighted by molar-refractivity contribution is 0.102. The molecule has 0 saturated heterocycles. The number of nitriles is 1. The Labute approximate surface area is 187 Å². The van der Waals surface area contributed by atoms with Gasteiger partial charge in [0.15, 0.2) is 5.69 Å². The minimum Gasteiger partial charge on any atom is -0.318 e. The molecule has 8 nitrogen and oxygen atoms in total. The number of halogens is 1. The zero-order chi connectivity index (χ0) is 22.8. The highest BCUT2D eigenvalue weighted by Gasteiger charge is 2.18. The Morgan fingerprint density at radius 3 is 2.91 bits per heavy atom. The molecule has 5 aromatic rings. The van der Waals surface area contributed by atoms with Gasteiger partial charge in [-0.05, 0) is 35.9 Å². The zero-order valence-electron chi connectivity index (χ0n) is 17.2. The zero-order valence-corrected chi connectivity index (χ0v) is 17.2. The number of fused-ring (bicyclic) bond motifs is 1. The molecule has 0 radical (unpaired) electrons. The summed E-state index contributed by atoms with van der Waals surface area (Å²) in [6.45, 7) is 0.444. The number of aromatic nitrogens is 5. The monoisotopic (exact) mass is 437 g/mol. The van der Waals surface area contributed by atoms with Gasteiger partial charge < -0.3 is 5.32 Å². The van der Waals surface area contributed by atoms with Crippen LogP contribution in [0, 0.1) is 17.1 Å². The molecule has 3 aromatic heterocycles. The van der Waals surface area contributed by atoms with Crippen LogP contribution >= 0.6 is 0 Å². The molecule has 0 unspecified atom stereocenters. The van der Waals surface area contributed by atoms with Crippen LogP contribution in [-0.4, -0.2) is 30.9 Å². The number of amides is 1. The van der Waals surface area contributed by atoms with Crippen LogP contribution in [0.2, 0.25) is 0 Å². The largest absolute Gasteiger partial charge is 0.318 e. The van der Waals surface area contributed by atoms with E-state index in [1.165, 1.54) is 12.3 Å². The summed E-state index contributed by atoms with van der Waals surface area (Å²) in [5.74, 6) is -0.959. The van der Waals surface area contributed by atoms with Crippen molar-refractivity contribution in [2.75, 3.05) is 5.32 Å². The van der Waals surface area contributed by atoms with Gasteiger partial charge in [-0.2, -0.15) is 15.5 Å². The topological polar surface area (TPSA) is 112 Å². The molecule has 0 fully saturated rings. The van der Waals surface area contributed by atoms with E-state index < -0.39 is 11.7 Å². The molecule has 9 heteroatoms. The number of rotatable bonds is 5. The molecule has 0 aliphatic heterocycles. The quantitative estimate of drug-likeness (QED) is 0.429. The highest BCUT2D eigenvalue weighted by molar-refractivity contribution is 6.11. The predicted octanol–water partition coefficient (Wildman–Crippen LogP) is 4.13. The number of carbonyl (C=O) groups is 1. The molecular weight excluding hydrogens is 421 g/mol. The first-order chi connectivity index (χ1) is 16.1. The molecular formula is C24H16FN7O. The number of H-pyrrole nitrogens is 1. The van der Waals surface area contributed by atoms with E-state index in [1.54, 1.807) is 53.6 Å². The van der Waals surface area contributed by atoms with Crippen LogP contribution in [-0.2, 0) is 6.54 Å². The van der Waals surface area contributed by atoms with Crippen molar-refractivity contribution in [3.8, 4) is 17.2 Å². The second-order valence-corrected chi connectivity index (χ2v) is 7.38. The van der Waals surface area contributed by atoms with E-state index >= 15 is 0 Å². The van der Waals surface area contributed by atoms with Gasteiger partial charge in [-0.25, -0.2) is 4.39 Å². The number of nitrogens with one attached hydrogen (secondary N) is 2. The lowest BCUT2D eigenvalue weighted by atomic mass is 10.0. The summed E-state index contributed by atoms with van der Waals surface area (Å²) in [6, 6.07) is 15.7. The first kappa shape index (κ1) is 20.1. The minimum absolute atomic E-state index is 0.0797. The molecule has 0 aliphatic rings. The Morgan fingerprint density at radius 2 is 2.09 bits per heavy atom. The molecule has 1 amide bonds. The summed E-state index contributed by atoms with van der Waals surface area (Å²) in [7, 11) is 0. The van der Waals surface area contributed by atoms with Gasteiger partial charge in [0.05, 0.1) is 35.6 Å². The maximum absolute atomic E-state index is 14.8. The smallest absolute Gasteiger partial charge is 0.276 e. The van der Waals surface area contributed by atoms with E-state index in [9.17, 15) is 9.18 Å². The van der Waals surface area contributed by atoms with Gasteiger partial charge in [-0.3, -0.25) is 19.6 Å². The maximum Gasteiger partial charge on any atom is 0.276 e. The molecule has 0 saturated carbocycles. The fourth-order valence-electron chi connectivity index (χ4n) is 3.59. The first-order valence-corrected chi connectivity index (χ1v) is 10.0. The Morgan fingerprint density at radius 1 is 1.18 bits per heavy atom. The van der Waals surface area contributed by atoms with Crippen molar-refractivity contribution in [3.63, 3.8) is 0 Å².